The summed E-state index contributed by atoms with van der Waals surface area (Å²) < 4.78 is 27.0. The summed E-state index contributed by atoms with van der Waals surface area (Å²) in [4.78, 5) is 11.8. The monoisotopic (exact) mass is 463 g/mol. The Kier molecular flexibility index (Phi) is 7.04. The second-order valence-electron chi connectivity index (χ2n) is 7.16. The van der Waals surface area contributed by atoms with E-state index in [1.54, 1.807) is 37.4 Å². The molecule has 0 N–H and O–H groups in total. The second-order valence-corrected chi connectivity index (χ2v) is 8.10. The summed E-state index contributed by atoms with van der Waals surface area (Å²) in [5.41, 5.74) is 2.36. The van der Waals surface area contributed by atoms with Crippen LogP contribution in [0, 0.1) is 5.82 Å². The number of para-hydroxylation sites is 2. The van der Waals surface area contributed by atoms with Crippen molar-refractivity contribution in [3.63, 3.8) is 0 Å². The smallest absolute Gasteiger partial charge is 0.196 e. The molecule has 168 valence electrons. The molecule has 4 aromatic rings. The van der Waals surface area contributed by atoms with Gasteiger partial charge in [-0.1, -0.05) is 42.1 Å². The molecule has 8 heteroatoms. The fourth-order valence-electron chi connectivity index (χ4n) is 3.28. The Hall–Kier alpha value is -3.65. The van der Waals surface area contributed by atoms with Crippen molar-refractivity contribution in [3.8, 4) is 17.2 Å². The molecule has 3 aromatic carbocycles. The Morgan fingerprint density at radius 2 is 1.76 bits per heavy atom. The zero-order chi connectivity index (χ0) is 23.2. The molecule has 33 heavy (non-hydrogen) atoms. The van der Waals surface area contributed by atoms with Crippen molar-refractivity contribution >= 4 is 17.5 Å². The van der Waals surface area contributed by atoms with Crippen molar-refractivity contribution in [1.82, 2.24) is 14.8 Å². The first kappa shape index (κ1) is 22.5. The molecular weight excluding hydrogens is 441 g/mol. The highest BCUT2D eigenvalue weighted by Gasteiger charge is 2.17. The van der Waals surface area contributed by atoms with Crippen molar-refractivity contribution in [2.75, 3.05) is 7.11 Å². The van der Waals surface area contributed by atoms with Crippen LogP contribution < -0.4 is 9.47 Å². The number of benzene rings is 3. The van der Waals surface area contributed by atoms with Gasteiger partial charge in [0.05, 0.1) is 7.11 Å². The van der Waals surface area contributed by atoms with Crippen molar-refractivity contribution in [2.45, 2.75) is 24.4 Å². The third-order valence-corrected chi connectivity index (χ3v) is 5.93. The highest BCUT2D eigenvalue weighted by molar-refractivity contribution is 7.98. The summed E-state index contributed by atoms with van der Waals surface area (Å²) in [6, 6.07) is 21.3. The van der Waals surface area contributed by atoms with Gasteiger partial charge in [-0.3, -0.25) is 9.36 Å². The van der Waals surface area contributed by atoms with E-state index in [1.807, 2.05) is 41.0 Å². The zero-order valence-corrected chi connectivity index (χ0v) is 19.0. The second kappa shape index (κ2) is 10.3. The average Bonchev–Trinajstić information content (AvgIpc) is 3.25. The van der Waals surface area contributed by atoms with Crippen LogP contribution in [0.2, 0.25) is 0 Å². The fraction of sp³-hybridized carbons (Fsp3) is 0.160. The lowest BCUT2D eigenvalue weighted by molar-refractivity contribution is 0.101. The number of ether oxygens (including phenoxy) is 2. The minimum absolute atomic E-state index is 0.0102. The Morgan fingerprint density at radius 3 is 2.48 bits per heavy atom. The molecule has 0 bridgehead atoms. The molecule has 0 radical (unpaired) electrons. The molecule has 1 aromatic heterocycles. The Balaban J connectivity index is 1.62. The van der Waals surface area contributed by atoms with Crippen LogP contribution >= 0.6 is 11.8 Å². The van der Waals surface area contributed by atoms with Gasteiger partial charge in [0.15, 0.2) is 28.3 Å². The van der Waals surface area contributed by atoms with Crippen LogP contribution in [0.4, 0.5) is 4.39 Å². The first-order chi connectivity index (χ1) is 16.1. The topological polar surface area (TPSA) is 66.2 Å². The van der Waals surface area contributed by atoms with Crippen LogP contribution in [0.15, 0.2) is 78.0 Å². The maximum Gasteiger partial charge on any atom is 0.196 e. The van der Waals surface area contributed by atoms with E-state index in [9.17, 15) is 9.18 Å². The van der Waals surface area contributed by atoms with Gasteiger partial charge < -0.3 is 9.47 Å². The number of ketones is 1. The lowest BCUT2D eigenvalue weighted by Crippen LogP contribution is -2.07. The van der Waals surface area contributed by atoms with Crippen molar-refractivity contribution < 1.29 is 18.7 Å². The quantitative estimate of drug-likeness (QED) is 0.242. The lowest BCUT2D eigenvalue weighted by Gasteiger charge is -2.12. The number of Topliss-reactive ketones (excluding diaryl/α,β-unsaturated/α-hetero) is 1. The normalized spacial score (nSPS) is 10.8. The van der Waals surface area contributed by atoms with E-state index in [1.165, 1.54) is 24.8 Å². The number of hydrogen-bond donors (Lipinski definition) is 0. The first-order valence-corrected chi connectivity index (χ1v) is 11.2. The molecule has 0 amide bonds. The maximum absolute atomic E-state index is 14.0. The molecule has 0 fully saturated rings. The van der Waals surface area contributed by atoms with Crippen LogP contribution in [-0.2, 0) is 12.4 Å². The molecule has 1 heterocycles. The van der Waals surface area contributed by atoms with Crippen LogP contribution in [0.1, 0.15) is 28.7 Å². The van der Waals surface area contributed by atoms with E-state index >= 15 is 0 Å². The molecule has 0 aliphatic carbocycles. The first-order valence-electron chi connectivity index (χ1n) is 10.2. The van der Waals surface area contributed by atoms with Crippen molar-refractivity contribution in [3.05, 3.63) is 95.6 Å². The molecule has 0 spiro atoms. The lowest BCUT2D eigenvalue weighted by atomic mass is 10.1. The Morgan fingerprint density at radius 1 is 1.00 bits per heavy atom. The van der Waals surface area contributed by atoms with E-state index in [0.717, 1.165) is 11.3 Å². The van der Waals surface area contributed by atoms with Crippen LogP contribution in [0.5, 0.6) is 11.5 Å². The minimum Gasteiger partial charge on any atom is -0.496 e. The van der Waals surface area contributed by atoms with Crippen molar-refractivity contribution in [2.24, 2.45) is 0 Å². The van der Waals surface area contributed by atoms with E-state index in [2.05, 4.69) is 10.2 Å². The van der Waals surface area contributed by atoms with Crippen LogP contribution in [0.3, 0.4) is 0 Å². The van der Waals surface area contributed by atoms with Gasteiger partial charge in [0, 0.05) is 22.6 Å². The van der Waals surface area contributed by atoms with Gasteiger partial charge in [-0.25, -0.2) is 4.39 Å². The Bertz CT molecular complexity index is 1260. The van der Waals surface area contributed by atoms with E-state index < -0.39 is 5.82 Å². The summed E-state index contributed by atoms with van der Waals surface area (Å²) in [5.74, 6) is 1.46. The largest absolute Gasteiger partial charge is 0.496 e. The number of methoxy groups -OCH3 is 1. The predicted octanol–water partition coefficient (Wildman–Crippen LogP) is 5.49. The van der Waals surface area contributed by atoms with E-state index in [0.29, 0.717) is 28.0 Å². The molecule has 0 saturated carbocycles. The number of rotatable bonds is 9. The third kappa shape index (κ3) is 5.23. The molecule has 0 aliphatic rings. The highest BCUT2D eigenvalue weighted by atomic mass is 32.2. The van der Waals surface area contributed by atoms with Gasteiger partial charge in [0.2, 0.25) is 0 Å². The fourth-order valence-corrected chi connectivity index (χ4v) is 4.23. The molecule has 6 nitrogen and oxygen atoms in total. The van der Waals surface area contributed by atoms with E-state index in [-0.39, 0.29) is 18.1 Å². The molecule has 0 aliphatic heterocycles. The summed E-state index contributed by atoms with van der Waals surface area (Å²) in [7, 11) is 1.60. The SMILES string of the molecule is COc1ccc(C(C)=O)cc1CSc1nnc(COc2ccccc2F)n1-c1ccccc1. The van der Waals surface area contributed by atoms with Crippen molar-refractivity contribution in [1.29, 1.82) is 0 Å². The molecule has 4 rings (SSSR count). The maximum atomic E-state index is 14.0. The highest BCUT2D eigenvalue weighted by Crippen LogP contribution is 2.30. The molecule has 0 atom stereocenters. The number of nitrogens with zero attached hydrogens (tertiary/aromatic N) is 3. The third-order valence-electron chi connectivity index (χ3n) is 4.95. The van der Waals surface area contributed by atoms with Gasteiger partial charge in [0.1, 0.15) is 12.4 Å². The summed E-state index contributed by atoms with van der Waals surface area (Å²) >= 11 is 1.46. The van der Waals surface area contributed by atoms with Gasteiger partial charge in [-0.2, -0.15) is 0 Å². The average molecular weight is 464 g/mol. The number of aromatic nitrogens is 3. The molecular formula is C25H22FN3O3S. The zero-order valence-electron chi connectivity index (χ0n) is 18.2. The number of carbonyl (C=O) groups is 1. The number of halogens is 1. The van der Waals surface area contributed by atoms with Crippen LogP contribution in [-0.4, -0.2) is 27.7 Å². The predicted molar refractivity (Wildman–Crippen MR) is 125 cm³/mol. The Labute approximate surface area is 195 Å². The summed E-state index contributed by atoms with van der Waals surface area (Å²) in [5, 5.41) is 9.29. The van der Waals surface area contributed by atoms with Gasteiger partial charge in [-0.15, -0.1) is 10.2 Å². The number of thioether (sulfide) groups is 1. The number of carbonyl (C=O) groups excluding carboxylic acids is 1. The van der Waals surface area contributed by atoms with Gasteiger partial charge in [-0.05, 0) is 49.4 Å². The molecule has 0 unspecified atom stereocenters. The van der Waals surface area contributed by atoms with Gasteiger partial charge in [0.25, 0.3) is 0 Å². The summed E-state index contributed by atoms with van der Waals surface area (Å²) in [6.07, 6.45) is 0. The minimum atomic E-state index is -0.435. The summed E-state index contributed by atoms with van der Waals surface area (Å²) in [6.45, 7) is 1.58. The molecule has 0 saturated heterocycles. The standard InChI is InChI=1S/C25H22FN3O3S/c1-17(30)18-12-13-22(31-2)19(14-18)16-33-25-28-27-24(29(25)20-8-4-3-5-9-20)15-32-23-11-7-6-10-21(23)26/h3-14H,15-16H2,1-2H3. The van der Waals surface area contributed by atoms with Gasteiger partial charge >= 0.3 is 0 Å². The van der Waals surface area contributed by atoms with E-state index in [4.69, 9.17) is 9.47 Å². The number of hydrogen-bond acceptors (Lipinski definition) is 6. The van der Waals surface area contributed by atoms with Crippen LogP contribution in [0.25, 0.3) is 5.69 Å².